The standard InChI is InChI=1S/C8H9N3S/c9-5-4-6-2-1-3-7-8(6)11-12-10-7/h1-3H,4-5,9H2. The Hall–Kier alpha value is -1.00. The summed E-state index contributed by atoms with van der Waals surface area (Å²) in [6.07, 6.45) is 0.878. The van der Waals surface area contributed by atoms with E-state index in [2.05, 4.69) is 14.8 Å². The minimum absolute atomic E-state index is 0.663. The van der Waals surface area contributed by atoms with Crippen molar-refractivity contribution >= 4 is 22.8 Å². The molecule has 0 fully saturated rings. The van der Waals surface area contributed by atoms with Crippen LogP contribution >= 0.6 is 11.7 Å². The van der Waals surface area contributed by atoms with Crippen molar-refractivity contribution < 1.29 is 0 Å². The largest absolute Gasteiger partial charge is 0.330 e. The summed E-state index contributed by atoms with van der Waals surface area (Å²) in [5.74, 6) is 0. The van der Waals surface area contributed by atoms with Crippen molar-refractivity contribution in [3.8, 4) is 0 Å². The van der Waals surface area contributed by atoms with Crippen LogP contribution in [0.4, 0.5) is 0 Å². The summed E-state index contributed by atoms with van der Waals surface area (Å²) in [7, 11) is 0. The number of nitrogens with two attached hydrogens (primary N) is 1. The number of benzene rings is 1. The van der Waals surface area contributed by atoms with Gasteiger partial charge in [-0.1, -0.05) is 12.1 Å². The molecule has 2 rings (SSSR count). The molecule has 0 radical (unpaired) electrons. The fraction of sp³-hybridized carbons (Fsp3) is 0.250. The molecule has 0 aliphatic rings. The van der Waals surface area contributed by atoms with Crippen molar-refractivity contribution in [2.24, 2.45) is 5.73 Å². The van der Waals surface area contributed by atoms with Crippen molar-refractivity contribution in [1.29, 1.82) is 0 Å². The van der Waals surface area contributed by atoms with Gasteiger partial charge in [-0.05, 0) is 24.6 Å². The van der Waals surface area contributed by atoms with Gasteiger partial charge >= 0.3 is 0 Å². The predicted molar refractivity (Wildman–Crippen MR) is 50.2 cm³/mol. The summed E-state index contributed by atoms with van der Waals surface area (Å²) in [5.41, 5.74) is 8.66. The van der Waals surface area contributed by atoms with Crippen molar-refractivity contribution in [3.63, 3.8) is 0 Å². The molecule has 0 spiro atoms. The van der Waals surface area contributed by atoms with Crippen molar-refractivity contribution in [3.05, 3.63) is 23.8 Å². The van der Waals surface area contributed by atoms with E-state index in [4.69, 9.17) is 5.73 Å². The molecule has 0 amide bonds. The summed E-state index contributed by atoms with van der Waals surface area (Å²) in [4.78, 5) is 0. The van der Waals surface area contributed by atoms with Crippen LogP contribution in [0.25, 0.3) is 11.0 Å². The first-order valence-corrected chi connectivity index (χ1v) is 4.55. The highest BCUT2D eigenvalue weighted by molar-refractivity contribution is 7.00. The normalized spacial score (nSPS) is 10.8. The number of fused-ring (bicyclic) bond motifs is 1. The van der Waals surface area contributed by atoms with E-state index in [0.717, 1.165) is 17.5 Å². The van der Waals surface area contributed by atoms with E-state index in [1.54, 1.807) is 0 Å². The van der Waals surface area contributed by atoms with Crippen molar-refractivity contribution in [1.82, 2.24) is 8.75 Å². The second kappa shape index (κ2) is 3.16. The topological polar surface area (TPSA) is 51.8 Å². The molecule has 2 aromatic rings. The molecule has 0 saturated carbocycles. The van der Waals surface area contributed by atoms with Crippen LogP contribution in [0.15, 0.2) is 18.2 Å². The Morgan fingerprint density at radius 1 is 1.33 bits per heavy atom. The van der Waals surface area contributed by atoms with Gasteiger partial charge in [0.25, 0.3) is 0 Å². The average Bonchev–Trinajstić information content (AvgIpc) is 2.53. The second-order valence-corrected chi connectivity index (χ2v) is 3.12. The summed E-state index contributed by atoms with van der Waals surface area (Å²) in [6.45, 7) is 0.663. The van der Waals surface area contributed by atoms with Gasteiger partial charge in [-0.2, -0.15) is 8.75 Å². The van der Waals surface area contributed by atoms with Gasteiger partial charge in [0.1, 0.15) is 11.0 Å². The monoisotopic (exact) mass is 179 g/mol. The third-order valence-corrected chi connectivity index (χ3v) is 2.33. The second-order valence-electron chi connectivity index (χ2n) is 2.59. The minimum atomic E-state index is 0.663. The molecule has 0 saturated heterocycles. The summed E-state index contributed by atoms with van der Waals surface area (Å²) in [6, 6.07) is 6.02. The molecule has 62 valence electrons. The summed E-state index contributed by atoms with van der Waals surface area (Å²) in [5, 5.41) is 0. The lowest BCUT2D eigenvalue weighted by atomic mass is 10.1. The third-order valence-electron chi connectivity index (χ3n) is 1.78. The SMILES string of the molecule is NCCc1cccc2nsnc12. The first-order valence-electron chi connectivity index (χ1n) is 3.82. The van der Waals surface area contributed by atoms with E-state index < -0.39 is 0 Å². The van der Waals surface area contributed by atoms with Gasteiger partial charge in [-0.15, -0.1) is 0 Å². The smallest absolute Gasteiger partial charge is 0.108 e. The molecule has 1 heterocycles. The molecule has 0 unspecified atom stereocenters. The molecule has 3 nitrogen and oxygen atoms in total. The molecular weight excluding hydrogens is 170 g/mol. The van der Waals surface area contributed by atoms with E-state index in [1.807, 2.05) is 12.1 Å². The fourth-order valence-corrected chi connectivity index (χ4v) is 1.79. The van der Waals surface area contributed by atoms with E-state index >= 15 is 0 Å². The summed E-state index contributed by atoms with van der Waals surface area (Å²) >= 11 is 1.25. The Labute approximate surface area is 74.5 Å². The molecule has 0 aliphatic heterocycles. The molecule has 2 N–H and O–H groups in total. The number of rotatable bonds is 2. The van der Waals surface area contributed by atoms with Crippen LogP contribution in [0.3, 0.4) is 0 Å². The van der Waals surface area contributed by atoms with Gasteiger partial charge in [0, 0.05) is 0 Å². The quantitative estimate of drug-likeness (QED) is 0.753. The van der Waals surface area contributed by atoms with Crippen LogP contribution in [0.5, 0.6) is 0 Å². The molecule has 0 atom stereocenters. The van der Waals surface area contributed by atoms with Crippen molar-refractivity contribution in [2.75, 3.05) is 6.54 Å². The minimum Gasteiger partial charge on any atom is -0.330 e. The maximum absolute atomic E-state index is 5.48. The molecule has 0 aliphatic carbocycles. The first kappa shape index (κ1) is 7.64. The van der Waals surface area contributed by atoms with E-state index in [9.17, 15) is 0 Å². The average molecular weight is 179 g/mol. The van der Waals surface area contributed by atoms with Gasteiger partial charge in [-0.25, -0.2) is 0 Å². The van der Waals surface area contributed by atoms with Gasteiger partial charge in [-0.3, -0.25) is 0 Å². The Morgan fingerprint density at radius 3 is 3.08 bits per heavy atom. The highest BCUT2D eigenvalue weighted by atomic mass is 32.1. The van der Waals surface area contributed by atoms with Crippen LogP contribution in [0.2, 0.25) is 0 Å². The van der Waals surface area contributed by atoms with Crippen LogP contribution in [-0.2, 0) is 6.42 Å². The molecule has 1 aromatic heterocycles. The van der Waals surface area contributed by atoms with Crippen LogP contribution < -0.4 is 5.73 Å². The molecule has 0 bridgehead atoms. The number of hydrogen-bond acceptors (Lipinski definition) is 4. The van der Waals surface area contributed by atoms with Crippen LogP contribution in [0, 0.1) is 0 Å². The maximum atomic E-state index is 5.48. The van der Waals surface area contributed by atoms with E-state index in [-0.39, 0.29) is 0 Å². The number of hydrogen-bond donors (Lipinski definition) is 1. The number of nitrogens with zero attached hydrogens (tertiary/aromatic N) is 2. The van der Waals surface area contributed by atoms with Gasteiger partial charge in [0.2, 0.25) is 0 Å². The van der Waals surface area contributed by atoms with Crippen molar-refractivity contribution in [2.45, 2.75) is 6.42 Å². The first-order chi connectivity index (χ1) is 5.92. The maximum Gasteiger partial charge on any atom is 0.108 e. The zero-order chi connectivity index (χ0) is 8.39. The predicted octanol–water partition coefficient (Wildman–Crippen LogP) is 1.19. The van der Waals surface area contributed by atoms with Gasteiger partial charge in [0.05, 0.1) is 11.7 Å². The molecular formula is C8H9N3S. The number of aromatic nitrogens is 2. The Balaban J connectivity index is 2.57. The molecule has 12 heavy (non-hydrogen) atoms. The summed E-state index contributed by atoms with van der Waals surface area (Å²) < 4.78 is 8.36. The Morgan fingerprint density at radius 2 is 2.25 bits per heavy atom. The lowest BCUT2D eigenvalue weighted by Gasteiger charge is -1.96. The van der Waals surface area contributed by atoms with Crippen LogP contribution in [-0.4, -0.2) is 15.3 Å². The van der Waals surface area contributed by atoms with Gasteiger partial charge in [0.15, 0.2) is 0 Å². The van der Waals surface area contributed by atoms with E-state index in [1.165, 1.54) is 17.3 Å². The van der Waals surface area contributed by atoms with E-state index in [0.29, 0.717) is 6.54 Å². The lowest BCUT2D eigenvalue weighted by molar-refractivity contribution is 0.975. The van der Waals surface area contributed by atoms with Crippen LogP contribution in [0.1, 0.15) is 5.56 Å². The highest BCUT2D eigenvalue weighted by Crippen LogP contribution is 2.16. The molecule has 1 aromatic carbocycles. The highest BCUT2D eigenvalue weighted by Gasteiger charge is 2.02. The molecule has 4 heteroatoms. The third kappa shape index (κ3) is 1.19. The lowest BCUT2D eigenvalue weighted by Crippen LogP contribution is -2.02. The van der Waals surface area contributed by atoms with Gasteiger partial charge < -0.3 is 5.73 Å². The zero-order valence-electron chi connectivity index (χ0n) is 6.53. The Bertz CT molecular complexity index is 382. The zero-order valence-corrected chi connectivity index (χ0v) is 7.34. The Kier molecular flexibility index (Phi) is 2.01. The fourth-order valence-electron chi connectivity index (χ4n) is 1.22.